The van der Waals surface area contributed by atoms with Crippen LogP contribution in [0.15, 0.2) is 24.3 Å². The third kappa shape index (κ3) is 4.27. The SMILES string of the molecule is CCOC1CC(N)(C(=O)N2CCCN(C(=O)c3ccc(F)cc3)CC2)C1(C)C.Cl. The van der Waals surface area contributed by atoms with Gasteiger partial charge < -0.3 is 20.3 Å². The topological polar surface area (TPSA) is 75.9 Å². The molecule has 0 spiro atoms. The summed E-state index contributed by atoms with van der Waals surface area (Å²) < 4.78 is 18.8. The number of rotatable bonds is 4. The van der Waals surface area contributed by atoms with E-state index in [9.17, 15) is 14.0 Å². The van der Waals surface area contributed by atoms with Crippen molar-refractivity contribution in [1.82, 2.24) is 9.80 Å². The third-order valence-electron chi connectivity index (χ3n) is 6.37. The van der Waals surface area contributed by atoms with E-state index >= 15 is 0 Å². The van der Waals surface area contributed by atoms with Gasteiger partial charge in [-0.2, -0.15) is 0 Å². The normalized spacial score (nSPS) is 26.2. The van der Waals surface area contributed by atoms with Crippen molar-refractivity contribution in [3.05, 3.63) is 35.6 Å². The predicted molar refractivity (Wildman–Crippen MR) is 111 cm³/mol. The van der Waals surface area contributed by atoms with Gasteiger partial charge in [0.1, 0.15) is 11.4 Å². The van der Waals surface area contributed by atoms with Gasteiger partial charge in [0.15, 0.2) is 0 Å². The summed E-state index contributed by atoms with van der Waals surface area (Å²) in [5.74, 6) is -0.576. The van der Waals surface area contributed by atoms with Crippen molar-refractivity contribution in [2.24, 2.45) is 11.1 Å². The fourth-order valence-corrected chi connectivity index (χ4v) is 4.18. The van der Waals surface area contributed by atoms with E-state index in [4.69, 9.17) is 10.5 Å². The number of benzene rings is 1. The first-order valence-electron chi connectivity index (χ1n) is 9.95. The minimum atomic E-state index is -0.941. The lowest BCUT2D eigenvalue weighted by Gasteiger charge is -2.58. The van der Waals surface area contributed by atoms with Crippen LogP contribution < -0.4 is 5.73 Å². The van der Waals surface area contributed by atoms with E-state index in [1.807, 2.05) is 20.8 Å². The van der Waals surface area contributed by atoms with E-state index in [2.05, 4.69) is 0 Å². The van der Waals surface area contributed by atoms with Crippen molar-refractivity contribution >= 4 is 24.2 Å². The fraction of sp³-hybridized carbons (Fsp3) is 0.619. The summed E-state index contributed by atoms with van der Waals surface area (Å²) in [4.78, 5) is 29.4. The van der Waals surface area contributed by atoms with E-state index in [-0.39, 0.29) is 36.1 Å². The van der Waals surface area contributed by atoms with Gasteiger partial charge in [0.25, 0.3) is 5.91 Å². The van der Waals surface area contributed by atoms with E-state index in [0.29, 0.717) is 51.2 Å². The highest BCUT2D eigenvalue weighted by Gasteiger charge is 2.63. The molecule has 0 radical (unpaired) electrons. The Hall–Kier alpha value is -1.70. The second-order valence-corrected chi connectivity index (χ2v) is 8.29. The van der Waals surface area contributed by atoms with Gasteiger partial charge in [0.05, 0.1) is 6.10 Å². The van der Waals surface area contributed by atoms with Crippen LogP contribution in [0, 0.1) is 11.2 Å². The van der Waals surface area contributed by atoms with Crippen LogP contribution in [-0.2, 0) is 9.53 Å². The van der Waals surface area contributed by atoms with E-state index in [0.717, 1.165) is 0 Å². The molecule has 1 aliphatic heterocycles. The Bertz CT molecular complexity index is 743. The molecule has 2 amide bonds. The van der Waals surface area contributed by atoms with E-state index in [1.54, 1.807) is 9.80 Å². The molecule has 2 aliphatic rings. The number of hydrogen-bond acceptors (Lipinski definition) is 4. The van der Waals surface area contributed by atoms with Crippen molar-refractivity contribution in [3.63, 3.8) is 0 Å². The lowest BCUT2D eigenvalue weighted by atomic mass is 9.54. The maximum Gasteiger partial charge on any atom is 0.253 e. The van der Waals surface area contributed by atoms with Crippen LogP contribution in [0.1, 0.15) is 44.0 Å². The summed E-state index contributed by atoms with van der Waals surface area (Å²) in [6.07, 6.45) is 1.18. The number of halogens is 2. The molecule has 0 bridgehead atoms. The van der Waals surface area contributed by atoms with E-state index in [1.165, 1.54) is 24.3 Å². The lowest BCUT2D eigenvalue weighted by Crippen LogP contribution is -2.76. The molecule has 2 fully saturated rings. The largest absolute Gasteiger partial charge is 0.378 e. The first-order valence-corrected chi connectivity index (χ1v) is 9.95. The minimum absolute atomic E-state index is 0. The van der Waals surface area contributed by atoms with Gasteiger partial charge in [-0.25, -0.2) is 4.39 Å². The van der Waals surface area contributed by atoms with Gasteiger partial charge in [-0.15, -0.1) is 12.4 Å². The highest BCUT2D eigenvalue weighted by Crippen LogP contribution is 2.50. The molecule has 1 saturated carbocycles. The molecule has 2 atom stereocenters. The number of carbonyl (C=O) groups excluding carboxylic acids is 2. The van der Waals surface area contributed by atoms with Crippen LogP contribution in [0.5, 0.6) is 0 Å². The molecule has 1 aliphatic carbocycles. The van der Waals surface area contributed by atoms with Crippen LogP contribution >= 0.6 is 12.4 Å². The fourth-order valence-electron chi connectivity index (χ4n) is 4.18. The molecular formula is C21H31ClFN3O3. The molecule has 1 saturated heterocycles. The van der Waals surface area contributed by atoms with Crippen molar-refractivity contribution < 1.29 is 18.7 Å². The smallest absolute Gasteiger partial charge is 0.253 e. The number of nitrogens with two attached hydrogens (primary N) is 1. The van der Waals surface area contributed by atoms with Crippen molar-refractivity contribution in [1.29, 1.82) is 0 Å². The Morgan fingerprint density at radius 1 is 1.14 bits per heavy atom. The van der Waals surface area contributed by atoms with Gasteiger partial charge >= 0.3 is 0 Å². The van der Waals surface area contributed by atoms with Crippen molar-refractivity contribution in [2.45, 2.75) is 45.3 Å². The maximum atomic E-state index is 13.2. The number of amides is 2. The molecule has 162 valence electrons. The minimum Gasteiger partial charge on any atom is -0.378 e. The number of ether oxygens (including phenoxy) is 1. The van der Waals surface area contributed by atoms with Crippen LogP contribution in [0.4, 0.5) is 4.39 Å². The molecule has 2 N–H and O–H groups in total. The molecule has 6 nitrogen and oxygen atoms in total. The summed E-state index contributed by atoms with van der Waals surface area (Å²) in [5.41, 5.74) is 5.62. The summed E-state index contributed by atoms with van der Waals surface area (Å²) in [6.45, 7) is 8.52. The van der Waals surface area contributed by atoms with Crippen LogP contribution in [0.25, 0.3) is 0 Å². The Morgan fingerprint density at radius 3 is 2.31 bits per heavy atom. The summed E-state index contributed by atoms with van der Waals surface area (Å²) >= 11 is 0. The summed E-state index contributed by atoms with van der Waals surface area (Å²) in [5, 5.41) is 0. The molecule has 8 heteroatoms. The average Bonchev–Trinajstić information content (AvgIpc) is 2.93. The highest BCUT2D eigenvalue weighted by molar-refractivity contribution is 5.94. The van der Waals surface area contributed by atoms with Gasteiger partial charge in [-0.3, -0.25) is 9.59 Å². The molecule has 1 aromatic rings. The zero-order valence-corrected chi connectivity index (χ0v) is 18.1. The van der Waals surface area contributed by atoms with Crippen LogP contribution in [0.2, 0.25) is 0 Å². The second-order valence-electron chi connectivity index (χ2n) is 8.29. The van der Waals surface area contributed by atoms with Gasteiger partial charge in [-0.05, 0) is 37.6 Å². The number of carbonyl (C=O) groups is 2. The van der Waals surface area contributed by atoms with Crippen molar-refractivity contribution in [2.75, 3.05) is 32.8 Å². The Labute approximate surface area is 178 Å². The summed E-state index contributed by atoms with van der Waals surface area (Å²) in [6, 6.07) is 5.55. The van der Waals surface area contributed by atoms with Gasteiger partial charge in [-0.1, -0.05) is 13.8 Å². The standard InChI is InChI=1S/C21H30FN3O3.ClH/c1-4-28-17-14-21(23,20(17,2)3)19(27)25-11-5-10-24(12-13-25)18(26)15-6-8-16(22)9-7-15;/h6-9,17H,4-5,10-14,23H2,1-3H3;1H. The predicted octanol–water partition coefficient (Wildman–Crippen LogP) is 2.45. The molecule has 0 aromatic heterocycles. The average molecular weight is 428 g/mol. The summed E-state index contributed by atoms with van der Waals surface area (Å²) in [7, 11) is 0. The third-order valence-corrected chi connectivity index (χ3v) is 6.37. The zero-order chi connectivity index (χ0) is 20.5. The quantitative estimate of drug-likeness (QED) is 0.800. The Kier molecular flexibility index (Phi) is 7.30. The first kappa shape index (κ1) is 23.6. The van der Waals surface area contributed by atoms with Crippen LogP contribution in [-0.4, -0.2) is 66.0 Å². The monoisotopic (exact) mass is 427 g/mol. The molecule has 2 unspecified atom stereocenters. The number of nitrogens with zero attached hydrogens (tertiary/aromatic N) is 2. The second kappa shape index (κ2) is 8.98. The highest BCUT2D eigenvalue weighted by atomic mass is 35.5. The molecule has 3 rings (SSSR count). The first-order chi connectivity index (χ1) is 13.2. The van der Waals surface area contributed by atoms with Gasteiger partial charge in [0.2, 0.25) is 5.91 Å². The number of hydrogen-bond donors (Lipinski definition) is 1. The van der Waals surface area contributed by atoms with E-state index < -0.39 is 11.0 Å². The molecule has 1 aromatic carbocycles. The Balaban J connectivity index is 0.00000300. The van der Waals surface area contributed by atoms with Gasteiger partial charge in [0, 0.05) is 50.2 Å². The molecular weight excluding hydrogens is 397 g/mol. The lowest BCUT2D eigenvalue weighted by molar-refractivity contribution is -0.179. The molecule has 1 heterocycles. The Morgan fingerprint density at radius 2 is 1.72 bits per heavy atom. The maximum absolute atomic E-state index is 13.2. The molecule has 29 heavy (non-hydrogen) atoms. The zero-order valence-electron chi connectivity index (χ0n) is 17.3. The van der Waals surface area contributed by atoms with Crippen molar-refractivity contribution in [3.8, 4) is 0 Å². The van der Waals surface area contributed by atoms with Crippen LogP contribution in [0.3, 0.4) is 0 Å².